The van der Waals surface area contributed by atoms with Crippen LogP contribution in [-0.2, 0) is 0 Å². The summed E-state index contributed by atoms with van der Waals surface area (Å²) in [4.78, 5) is 0. The lowest BCUT2D eigenvalue weighted by Gasteiger charge is -2.21. The van der Waals surface area contributed by atoms with Crippen molar-refractivity contribution in [1.29, 1.82) is 0 Å². The Kier molecular flexibility index (Phi) is 5.48. The Morgan fingerprint density at radius 3 is 1.06 bits per heavy atom. The first-order chi connectivity index (χ1) is 17.7. The third-order valence-corrected chi connectivity index (χ3v) is 6.72. The molecule has 0 aromatic heterocycles. The number of aromatic hydroxyl groups is 2. The van der Waals surface area contributed by atoms with E-state index >= 15 is 0 Å². The largest absolute Gasteiger partial charge is 0.507 e. The SMILES string of the molecule is Oc1ccc(/C(=C(\c2ccccc2)c2ccc(O)c3ccccc23)c2ccccc2)c2ccccc12. The fourth-order valence-corrected chi connectivity index (χ4v) is 5.08. The van der Waals surface area contributed by atoms with E-state index in [1.807, 2.05) is 60.7 Å². The lowest BCUT2D eigenvalue weighted by Crippen LogP contribution is -1.99. The molecule has 0 saturated heterocycles. The first-order valence-electron chi connectivity index (χ1n) is 12.0. The Bertz CT molecular complexity index is 1600. The van der Waals surface area contributed by atoms with Crippen molar-refractivity contribution in [2.45, 2.75) is 0 Å². The number of rotatable bonds is 4. The lowest BCUT2D eigenvalue weighted by atomic mass is 9.82. The van der Waals surface area contributed by atoms with Crippen LogP contribution in [0.4, 0.5) is 0 Å². The van der Waals surface area contributed by atoms with Gasteiger partial charge in [-0.05, 0) is 56.3 Å². The summed E-state index contributed by atoms with van der Waals surface area (Å²) in [5.41, 5.74) is 6.34. The van der Waals surface area contributed by atoms with Crippen LogP contribution in [0.1, 0.15) is 22.3 Å². The van der Waals surface area contributed by atoms with Crippen LogP contribution < -0.4 is 0 Å². The Morgan fingerprint density at radius 2 is 0.667 bits per heavy atom. The van der Waals surface area contributed by atoms with Gasteiger partial charge in [0.05, 0.1) is 0 Å². The summed E-state index contributed by atoms with van der Waals surface area (Å²) in [6, 6.07) is 44.3. The number of fused-ring (bicyclic) bond motifs is 2. The van der Waals surface area contributed by atoms with Gasteiger partial charge in [0.15, 0.2) is 0 Å². The quantitative estimate of drug-likeness (QED) is 0.257. The molecule has 0 radical (unpaired) electrons. The van der Waals surface area contributed by atoms with Crippen LogP contribution in [0.3, 0.4) is 0 Å². The zero-order valence-electron chi connectivity index (χ0n) is 19.6. The molecule has 2 N–H and O–H groups in total. The fourth-order valence-electron chi connectivity index (χ4n) is 5.08. The van der Waals surface area contributed by atoms with Crippen LogP contribution >= 0.6 is 0 Å². The molecule has 0 bridgehead atoms. The molecule has 0 atom stereocenters. The molecule has 6 rings (SSSR count). The Labute approximate surface area is 210 Å². The van der Waals surface area contributed by atoms with Gasteiger partial charge in [-0.25, -0.2) is 0 Å². The maximum absolute atomic E-state index is 10.6. The molecule has 0 saturated carbocycles. The third kappa shape index (κ3) is 3.70. The molecule has 0 heterocycles. The van der Waals surface area contributed by atoms with Crippen molar-refractivity contribution in [3.63, 3.8) is 0 Å². The Hall–Kier alpha value is -4.82. The second-order valence-corrected chi connectivity index (χ2v) is 8.84. The Balaban J connectivity index is 1.83. The Morgan fingerprint density at radius 1 is 0.333 bits per heavy atom. The molecule has 2 nitrogen and oxygen atoms in total. The van der Waals surface area contributed by atoms with Gasteiger partial charge >= 0.3 is 0 Å². The van der Waals surface area contributed by atoms with Gasteiger partial charge in [-0.3, -0.25) is 0 Å². The molecule has 0 aliphatic rings. The van der Waals surface area contributed by atoms with E-state index in [1.54, 1.807) is 12.1 Å². The van der Waals surface area contributed by atoms with Gasteiger partial charge in [0.1, 0.15) is 11.5 Å². The summed E-state index contributed by atoms with van der Waals surface area (Å²) < 4.78 is 0. The van der Waals surface area contributed by atoms with Crippen LogP contribution in [0.25, 0.3) is 32.7 Å². The highest BCUT2D eigenvalue weighted by Gasteiger charge is 2.20. The number of hydrogen-bond donors (Lipinski definition) is 2. The number of benzene rings is 6. The van der Waals surface area contributed by atoms with Gasteiger partial charge in [-0.15, -0.1) is 0 Å². The smallest absolute Gasteiger partial charge is 0.123 e. The molecule has 36 heavy (non-hydrogen) atoms. The maximum atomic E-state index is 10.6. The summed E-state index contributed by atoms with van der Waals surface area (Å²) in [7, 11) is 0. The second-order valence-electron chi connectivity index (χ2n) is 8.84. The molecule has 0 aliphatic carbocycles. The van der Waals surface area contributed by atoms with Crippen LogP contribution in [0, 0.1) is 0 Å². The number of phenolic OH excluding ortho intramolecular Hbond substituents is 2. The minimum absolute atomic E-state index is 0.262. The first kappa shape index (κ1) is 21.7. The molecule has 0 amide bonds. The number of phenols is 2. The van der Waals surface area contributed by atoms with Crippen molar-refractivity contribution in [3.8, 4) is 11.5 Å². The predicted octanol–water partition coefficient (Wildman–Crippen LogP) is 8.41. The van der Waals surface area contributed by atoms with Gasteiger partial charge in [0.2, 0.25) is 0 Å². The second kappa shape index (κ2) is 9.09. The minimum Gasteiger partial charge on any atom is -0.507 e. The van der Waals surface area contributed by atoms with E-state index in [9.17, 15) is 10.2 Å². The van der Waals surface area contributed by atoms with E-state index in [0.717, 1.165) is 54.9 Å². The van der Waals surface area contributed by atoms with Crippen molar-refractivity contribution in [3.05, 3.63) is 156 Å². The fraction of sp³-hybridized carbons (Fsp3) is 0. The van der Waals surface area contributed by atoms with Crippen molar-refractivity contribution in [2.24, 2.45) is 0 Å². The normalized spacial score (nSPS) is 12.0. The highest BCUT2D eigenvalue weighted by atomic mass is 16.3. The molecule has 0 unspecified atom stereocenters. The van der Waals surface area contributed by atoms with Gasteiger partial charge in [0.25, 0.3) is 0 Å². The maximum Gasteiger partial charge on any atom is 0.123 e. The van der Waals surface area contributed by atoms with Crippen molar-refractivity contribution in [1.82, 2.24) is 0 Å². The molecule has 0 aliphatic heterocycles. The molecule has 0 fully saturated rings. The molecule has 172 valence electrons. The average Bonchev–Trinajstić information content (AvgIpc) is 2.94. The van der Waals surface area contributed by atoms with Gasteiger partial charge < -0.3 is 10.2 Å². The van der Waals surface area contributed by atoms with E-state index in [0.29, 0.717) is 0 Å². The van der Waals surface area contributed by atoms with E-state index in [-0.39, 0.29) is 11.5 Å². The van der Waals surface area contributed by atoms with Crippen LogP contribution in [0.2, 0.25) is 0 Å². The highest BCUT2D eigenvalue weighted by molar-refractivity contribution is 6.14. The van der Waals surface area contributed by atoms with Crippen molar-refractivity contribution >= 4 is 32.7 Å². The summed E-state index contributed by atoms with van der Waals surface area (Å²) >= 11 is 0. The van der Waals surface area contributed by atoms with E-state index < -0.39 is 0 Å². The zero-order chi connectivity index (χ0) is 24.5. The molecule has 0 spiro atoms. The van der Waals surface area contributed by atoms with E-state index in [1.165, 1.54) is 0 Å². The van der Waals surface area contributed by atoms with Crippen molar-refractivity contribution < 1.29 is 10.2 Å². The van der Waals surface area contributed by atoms with Crippen molar-refractivity contribution in [2.75, 3.05) is 0 Å². The monoisotopic (exact) mass is 464 g/mol. The van der Waals surface area contributed by atoms with Gasteiger partial charge in [-0.2, -0.15) is 0 Å². The lowest BCUT2D eigenvalue weighted by molar-refractivity contribution is 0.481. The topological polar surface area (TPSA) is 40.5 Å². The molecule has 6 aromatic rings. The van der Waals surface area contributed by atoms with Crippen LogP contribution in [-0.4, -0.2) is 10.2 Å². The summed E-state index contributed by atoms with van der Waals surface area (Å²) in [5.74, 6) is 0.524. The summed E-state index contributed by atoms with van der Waals surface area (Å²) in [6.07, 6.45) is 0. The van der Waals surface area contributed by atoms with Crippen LogP contribution in [0.5, 0.6) is 11.5 Å². The minimum atomic E-state index is 0.262. The standard InChI is InChI=1S/C34H24O2/c35-31-21-19-29(25-15-7-9-17-27(25)31)33(23-11-3-1-4-12-23)34(24-13-5-2-6-14-24)30-20-22-32(36)28-18-10-8-16-26(28)30/h1-22,35-36H/b34-33+. The molecule has 6 aromatic carbocycles. The van der Waals surface area contributed by atoms with E-state index in [2.05, 4.69) is 60.7 Å². The molecular formula is C34H24O2. The first-order valence-corrected chi connectivity index (χ1v) is 12.0. The van der Waals surface area contributed by atoms with Crippen LogP contribution in [0.15, 0.2) is 133 Å². The highest BCUT2D eigenvalue weighted by Crippen LogP contribution is 2.43. The summed E-state index contributed by atoms with van der Waals surface area (Å²) in [6.45, 7) is 0. The number of hydrogen-bond acceptors (Lipinski definition) is 2. The zero-order valence-corrected chi connectivity index (χ0v) is 19.6. The predicted molar refractivity (Wildman–Crippen MR) is 149 cm³/mol. The average molecular weight is 465 g/mol. The third-order valence-electron chi connectivity index (χ3n) is 6.72. The molecular weight excluding hydrogens is 440 g/mol. The van der Waals surface area contributed by atoms with Gasteiger partial charge in [0, 0.05) is 10.8 Å². The van der Waals surface area contributed by atoms with E-state index in [4.69, 9.17) is 0 Å². The summed E-state index contributed by atoms with van der Waals surface area (Å²) in [5, 5.41) is 24.9. The molecule has 2 heteroatoms. The van der Waals surface area contributed by atoms with Gasteiger partial charge in [-0.1, -0.05) is 121 Å².